The van der Waals surface area contributed by atoms with Crippen molar-refractivity contribution in [2.24, 2.45) is 0 Å². The summed E-state index contributed by atoms with van der Waals surface area (Å²) in [5, 5.41) is 0. The molecular formula is C8H4F5O2. The van der Waals surface area contributed by atoms with E-state index in [4.69, 9.17) is 0 Å². The molecule has 1 rings (SSSR count). The second-order valence-electron chi connectivity index (χ2n) is 2.31. The van der Waals surface area contributed by atoms with Gasteiger partial charge < -0.3 is 9.47 Å². The predicted octanol–water partition coefficient (Wildman–Crippen LogP) is 2.99. The van der Waals surface area contributed by atoms with E-state index >= 15 is 0 Å². The molecule has 0 fully saturated rings. The van der Waals surface area contributed by atoms with E-state index in [-0.39, 0.29) is 0 Å². The lowest BCUT2D eigenvalue weighted by atomic mass is 10.3. The van der Waals surface area contributed by atoms with Crippen molar-refractivity contribution in [3.63, 3.8) is 0 Å². The SMILES string of the molecule is FC(F)Oc1[c]c(OC(F)(F)F)ccc1. The van der Waals surface area contributed by atoms with Crippen molar-refractivity contribution < 1.29 is 31.4 Å². The van der Waals surface area contributed by atoms with Crippen LogP contribution in [0.4, 0.5) is 22.0 Å². The molecule has 0 saturated heterocycles. The number of halogens is 5. The third-order valence-electron chi connectivity index (χ3n) is 1.18. The summed E-state index contributed by atoms with van der Waals surface area (Å²) >= 11 is 0. The Balaban J connectivity index is 2.74. The first-order chi connectivity index (χ1) is 6.87. The molecular weight excluding hydrogens is 223 g/mol. The van der Waals surface area contributed by atoms with Crippen LogP contribution in [-0.2, 0) is 0 Å². The van der Waals surface area contributed by atoms with Gasteiger partial charge in [-0.05, 0) is 12.1 Å². The quantitative estimate of drug-likeness (QED) is 0.739. The summed E-state index contributed by atoms with van der Waals surface area (Å²) in [5.74, 6) is -1.26. The number of rotatable bonds is 3. The monoisotopic (exact) mass is 227 g/mol. The van der Waals surface area contributed by atoms with Gasteiger partial charge in [-0.2, -0.15) is 8.78 Å². The van der Waals surface area contributed by atoms with E-state index in [0.717, 1.165) is 18.2 Å². The highest BCUT2D eigenvalue weighted by Crippen LogP contribution is 2.25. The molecule has 0 spiro atoms. The van der Waals surface area contributed by atoms with Crippen LogP contribution >= 0.6 is 0 Å². The predicted molar refractivity (Wildman–Crippen MR) is 38.6 cm³/mol. The first-order valence-electron chi connectivity index (χ1n) is 3.60. The first kappa shape index (κ1) is 11.5. The largest absolute Gasteiger partial charge is 0.573 e. The van der Waals surface area contributed by atoms with Crippen molar-refractivity contribution in [2.75, 3.05) is 0 Å². The van der Waals surface area contributed by atoms with Crippen molar-refractivity contribution in [1.29, 1.82) is 0 Å². The third kappa shape index (κ3) is 4.48. The molecule has 0 aromatic heterocycles. The van der Waals surface area contributed by atoms with Gasteiger partial charge in [-0.3, -0.25) is 0 Å². The van der Waals surface area contributed by atoms with Crippen molar-refractivity contribution in [3.8, 4) is 11.5 Å². The number of benzene rings is 1. The fourth-order valence-electron chi connectivity index (χ4n) is 0.777. The van der Waals surface area contributed by atoms with Gasteiger partial charge in [0.05, 0.1) is 6.07 Å². The van der Waals surface area contributed by atoms with Gasteiger partial charge in [-0.1, -0.05) is 6.07 Å². The van der Waals surface area contributed by atoms with Crippen LogP contribution in [0.25, 0.3) is 0 Å². The number of hydrogen-bond acceptors (Lipinski definition) is 2. The molecule has 0 aliphatic heterocycles. The first-order valence-corrected chi connectivity index (χ1v) is 3.60. The van der Waals surface area contributed by atoms with Crippen molar-refractivity contribution in [1.82, 2.24) is 0 Å². The Morgan fingerprint density at radius 2 is 1.73 bits per heavy atom. The molecule has 15 heavy (non-hydrogen) atoms. The van der Waals surface area contributed by atoms with Crippen LogP contribution in [0.3, 0.4) is 0 Å². The summed E-state index contributed by atoms with van der Waals surface area (Å²) in [6.45, 7) is -3.12. The Hall–Kier alpha value is -1.53. The van der Waals surface area contributed by atoms with E-state index in [9.17, 15) is 22.0 Å². The van der Waals surface area contributed by atoms with Gasteiger partial charge in [-0.25, -0.2) is 0 Å². The average molecular weight is 227 g/mol. The Kier molecular flexibility index (Phi) is 3.33. The van der Waals surface area contributed by atoms with E-state index in [2.05, 4.69) is 9.47 Å². The minimum absolute atomic E-state index is 0.522. The van der Waals surface area contributed by atoms with Gasteiger partial charge in [0.25, 0.3) is 0 Å². The Labute approximate surface area is 81.2 Å². The van der Waals surface area contributed by atoms with E-state index in [0.29, 0.717) is 0 Å². The summed E-state index contributed by atoms with van der Waals surface area (Å²) in [6, 6.07) is 4.93. The van der Waals surface area contributed by atoms with Gasteiger partial charge in [0.1, 0.15) is 11.5 Å². The van der Waals surface area contributed by atoms with Crippen molar-refractivity contribution >= 4 is 0 Å². The fraction of sp³-hybridized carbons (Fsp3) is 0.250. The molecule has 0 heterocycles. The molecule has 0 N–H and O–H groups in total. The van der Waals surface area contributed by atoms with E-state index in [1.54, 1.807) is 0 Å². The Morgan fingerprint density at radius 3 is 2.27 bits per heavy atom. The molecule has 2 nitrogen and oxygen atoms in total. The molecule has 7 heteroatoms. The van der Waals surface area contributed by atoms with E-state index < -0.39 is 24.5 Å². The van der Waals surface area contributed by atoms with Crippen LogP contribution < -0.4 is 9.47 Å². The maximum Gasteiger partial charge on any atom is 0.573 e. The minimum Gasteiger partial charge on any atom is -0.434 e. The fourth-order valence-corrected chi connectivity index (χ4v) is 0.777. The smallest absolute Gasteiger partial charge is 0.434 e. The Morgan fingerprint density at radius 1 is 1.13 bits per heavy atom. The molecule has 1 aromatic carbocycles. The highest BCUT2D eigenvalue weighted by molar-refractivity contribution is 5.31. The zero-order chi connectivity index (χ0) is 11.5. The molecule has 0 saturated carbocycles. The molecule has 1 radical (unpaired) electrons. The van der Waals surface area contributed by atoms with Crippen LogP contribution in [0.2, 0.25) is 0 Å². The second kappa shape index (κ2) is 4.33. The van der Waals surface area contributed by atoms with Gasteiger partial charge in [0.15, 0.2) is 0 Å². The third-order valence-corrected chi connectivity index (χ3v) is 1.18. The second-order valence-corrected chi connectivity index (χ2v) is 2.31. The average Bonchev–Trinajstić information content (AvgIpc) is 1.99. The molecule has 1 aromatic rings. The molecule has 83 valence electrons. The normalized spacial score (nSPS) is 11.6. The molecule has 0 amide bonds. The van der Waals surface area contributed by atoms with E-state index in [1.807, 2.05) is 6.07 Å². The molecule has 0 atom stereocenters. The summed E-state index contributed by atoms with van der Waals surface area (Å²) in [5.41, 5.74) is 0. The van der Waals surface area contributed by atoms with Gasteiger partial charge >= 0.3 is 13.0 Å². The van der Waals surface area contributed by atoms with Crippen LogP contribution in [0.1, 0.15) is 0 Å². The maximum atomic E-state index is 11.7. The zero-order valence-corrected chi connectivity index (χ0v) is 7.02. The topological polar surface area (TPSA) is 18.5 Å². The van der Waals surface area contributed by atoms with E-state index in [1.165, 1.54) is 0 Å². The number of ether oxygens (including phenoxy) is 2. The van der Waals surface area contributed by atoms with Crippen LogP contribution in [-0.4, -0.2) is 13.0 Å². The van der Waals surface area contributed by atoms with Crippen molar-refractivity contribution in [2.45, 2.75) is 13.0 Å². The lowest BCUT2D eigenvalue weighted by Gasteiger charge is -2.09. The maximum absolute atomic E-state index is 11.7. The summed E-state index contributed by atoms with van der Waals surface area (Å²) in [7, 11) is 0. The lowest BCUT2D eigenvalue weighted by molar-refractivity contribution is -0.274. The summed E-state index contributed by atoms with van der Waals surface area (Å²) < 4.78 is 65.8. The van der Waals surface area contributed by atoms with Crippen LogP contribution in [0, 0.1) is 6.07 Å². The summed E-state index contributed by atoms with van der Waals surface area (Å²) in [6.07, 6.45) is -4.89. The molecule has 0 unspecified atom stereocenters. The molecule has 0 aliphatic carbocycles. The van der Waals surface area contributed by atoms with Crippen LogP contribution in [0.5, 0.6) is 11.5 Å². The molecule has 0 bridgehead atoms. The highest BCUT2D eigenvalue weighted by atomic mass is 19.4. The van der Waals surface area contributed by atoms with Gasteiger partial charge in [0, 0.05) is 0 Å². The minimum atomic E-state index is -4.89. The van der Waals surface area contributed by atoms with Gasteiger partial charge in [-0.15, -0.1) is 13.2 Å². The van der Waals surface area contributed by atoms with Crippen molar-refractivity contribution in [3.05, 3.63) is 24.3 Å². The highest BCUT2D eigenvalue weighted by Gasteiger charge is 2.31. The number of alkyl halides is 5. The Bertz CT molecular complexity index is 323. The van der Waals surface area contributed by atoms with Crippen LogP contribution in [0.15, 0.2) is 18.2 Å². The lowest BCUT2D eigenvalue weighted by Crippen LogP contribution is -2.17. The van der Waals surface area contributed by atoms with Gasteiger partial charge in [0.2, 0.25) is 0 Å². The molecule has 0 aliphatic rings. The number of hydrogen-bond donors (Lipinski definition) is 0. The zero-order valence-electron chi connectivity index (χ0n) is 7.02. The summed E-state index contributed by atoms with van der Waals surface area (Å²) in [4.78, 5) is 0. The standard InChI is InChI=1S/C8H4F5O2/c9-7(10)14-5-2-1-3-6(4-5)15-8(11,12)13/h1-3,7H.